The monoisotopic (exact) mass is 282 g/mol. The van der Waals surface area contributed by atoms with Gasteiger partial charge in [0.25, 0.3) is 5.91 Å². The van der Waals surface area contributed by atoms with Gasteiger partial charge in [0, 0.05) is 0 Å². The molecule has 0 spiro atoms. The fraction of sp³-hybridized carbons (Fsp3) is 0.692. The number of rotatable bonds is 3. The van der Waals surface area contributed by atoms with Gasteiger partial charge in [0.15, 0.2) is 0 Å². The minimum absolute atomic E-state index is 0.135. The summed E-state index contributed by atoms with van der Waals surface area (Å²) in [5, 5.41) is 16.8. The zero-order chi connectivity index (χ0) is 14.2. The molecule has 0 aliphatic carbocycles. The topological polar surface area (TPSA) is 75.4 Å². The number of hydrogen-bond acceptors (Lipinski definition) is 4. The summed E-state index contributed by atoms with van der Waals surface area (Å²) in [6, 6.07) is 1.63. The van der Waals surface area contributed by atoms with Gasteiger partial charge in [-0.2, -0.15) is 0 Å². The molecule has 0 saturated carbocycles. The van der Waals surface area contributed by atoms with Crippen molar-refractivity contribution in [3.05, 3.63) is 17.5 Å². The Morgan fingerprint density at radius 3 is 2.74 bits per heavy atom. The van der Waals surface area contributed by atoms with E-state index in [2.05, 4.69) is 23.6 Å². The fourth-order valence-electron chi connectivity index (χ4n) is 2.75. The van der Waals surface area contributed by atoms with Crippen molar-refractivity contribution in [2.45, 2.75) is 57.1 Å². The standard InChI is InChI=1S/C13H22N2O3Si/c1-8(2)12-9(5-18-15-12)13(17)14-10-6-19(3,4)7-11(10)16/h5,8,10-11,16H,6-7H2,1-4H3,(H,14,17)/t10-,11-/m1/s1. The molecule has 2 rings (SSSR count). The maximum absolute atomic E-state index is 12.2. The minimum Gasteiger partial charge on any atom is -0.391 e. The van der Waals surface area contributed by atoms with Crippen molar-refractivity contribution in [3.8, 4) is 0 Å². The average Bonchev–Trinajstić information content (AvgIpc) is 2.83. The van der Waals surface area contributed by atoms with Crippen molar-refractivity contribution in [2.75, 3.05) is 0 Å². The van der Waals surface area contributed by atoms with Gasteiger partial charge in [0.2, 0.25) is 0 Å². The van der Waals surface area contributed by atoms with E-state index in [-0.39, 0.29) is 17.9 Å². The highest BCUT2D eigenvalue weighted by molar-refractivity contribution is 6.78. The third-order valence-electron chi connectivity index (χ3n) is 3.70. The van der Waals surface area contributed by atoms with Crippen molar-refractivity contribution in [1.29, 1.82) is 0 Å². The van der Waals surface area contributed by atoms with Crippen LogP contribution >= 0.6 is 0 Å². The summed E-state index contributed by atoms with van der Waals surface area (Å²) < 4.78 is 4.90. The number of carbonyl (C=O) groups excluding carboxylic acids is 1. The van der Waals surface area contributed by atoms with Gasteiger partial charge in [-0.15, -0.1) is 0 Å². The molecule has 0 unspecified atom stereocenters. The van der Waals surface area contributed by atoms with Crippen LogP contribution in [-0.4, -0.2) is 36.4 Å². The van der Waals surface area contributed by atoms with Crippen molar-refractivity contribution < 1.29 is 14.4 Å². The molecule has 2 heterocycles. The van der Waals surface area contributed by atoms with E-state index in [0.29, 0.717) is 11.3 Å². The second-order valence-corrected chi connectivity index (χ2v) is 11.6. The number of aliphatic hydroxyl groups is 1. The maximum atomic E-state index is 12.2. The minimum atomic E-state index is -1.36. The molecule has 1 aromatic heterocycles. The highest BCUT2D eigenvalue weighted by Gasteiger charge is 2.40. The van der Waals surface area contributed by atoms with Crippen LogP contribution in [0.3, 0.4) is 0 Å². The number of hydrogen-bond donors (Lipinski definition) is 2. The van der Waals surface area contributed by atoms with E-state index in [1.54, 1.807) is 0 Å². The zero-order valence-corrected chi connectivity index (χ0v) is 12.9. The van der Waals surface area contributed by atoms with Crippen LogP contribution < -0.4 is 5.32 Å². The summed E-state index contributed by atoms with van der Waals surface area (Å²) >= 11 is 0. The van der Waals surface area contributed by atoms with E-state index in [1.165, 1.54) is 6.26 Å². The molecule has 0 radical (unpaired) electrons. The van der Waals surface area contributed by atoms with Gasteiger partial charge >= 0.3 is 0 Å². The molecule has 1 aliphatic heterocycles. The van der Waals surface area contributed by atoms with Crippen LogP contribution in [-0.2, 0) is 0 Å². The summed E-state index contributed by atoms with van der Waals surface area (Å²) in [5.41, 5.74) is 1.15. The highest BCUT2D eigenvalue weighted by Crippen LogP contribution is 2.30. The van der Waals surface area contributed by atoms with Crippen LogP contribution in [0.1, 0.15) is 35.8 Å². The quantitative estimate of drug-likeness (QED) is 0.831. The van der Waals surface area contributed by atoms with E-state index in [1.807, 2.05) is 13.8 Å². The number of nitrogens with zero attached hydrogens (tertiary/aromatic N) is 1. The predicted octanol–water partition coefficient (Wildman–Crippen LogP) is 1.98. The number of amides is 1. The highest BCUT2D eigenvalue weighted by atomic mass is 28.3. The van der Waals surface area contributed by atoms with Crippen molar-refractivity contribution in [2.24, 2.45) is 0 Å². The van der Waals surface area contributed by atoms with E-state index < -0.39 is 14.2 Å². The van der Waals surface area contributed by atoms with E-state index >= 15 is 0 Å². The number of aromatic nitrogens is 1. The summed E-state index contributed by atoms with van der Waals surface area (Å²) in [5.74, 6) is -0.0560. The Morgan fingerprint density at radius 1 is 1.53 bits per heavy atom. The van der Waals surface area contributed by atoms with Crippen LogP contribution in [0.15, 0.2) is 10.8 Å². The Balaban J connectivity index is 2.08. The lowest BCUT2D eigenvalue weighted by molar-refractivity contribution is 0.0884. The van der Waals surface area contributed by atoms with Crippen LogP contribution in [0, 0.1) is 0 Å². The first-order valence-corrected chi connectivity index (χ1v) is 10.1. The van der Waals surface area contributed by atoms with Gasteiger partial charge in [-0.05, 0) is 18.0 Å². The number of carbonyl (C=O) groups is 1. The molecule has 106 valence electrons. The Labute approximate surface area is 114 Å². The van der Waals surface area contributed by atoms with Crippen molar-refractivity contribution in [1.82, 2.24) is 10.5 Å². The third-order valence-corrected chi connectivity index (χ3v) is 6.77. The Morgan fingerprint density at radius 2 is 2.21 bits per heavy atom. The first kappa shape index (κ1) is 14.3. The average molecular weight is 282 g/mol. The van der Waals surface area contributed by atoms with Gasteiger partial charge in [-0.3, -0.25) is 4.79 Å². The zero-order valence-electron chi connectivity index (χ0n) is 11.9. The Bertz CT molecular complexity index is 470. The summed E-state index contributed by atoms with van der Waals surface area (Å²) in [7, 11) is -1.36. The van der Waals surface area contributed by atoms with Crippen LogP contribution in [0.2, 0.25) is 25.2 Å². The van der Waals surface area contributed by atoms with E-state index in [0.717, 1.165) is 12.1 Å². The lowest BCUT2D eigenvalue weighted by Crippen LogP contribution is -2.40. The summed E-state index contributed by atoms with van der Waals surface area (Å²) in [6.45, 7) is 8.41. The summed E-state index contributed by atoms with van der Waals surface area (Å²) in [6.07, 6.45) is 0.960. The van der Waals surface area contributed by atoms with Crippen LogP contribution in [0.5, 0.6) is 0 Å². The number of aliphatic hydroxyl groups excluding tert-OH is 1. The summed E-state index contributed by atoms with van der Waals surface area (Å²) in [4.78, 5) is 12.2. The molecule has 1 saturated heterocycles. The maximum Gasteiger partial charge on any atom is 0.256 e. The van der Waals surface area contributed by atoms with Crippen molar-refractivity contribution in [3.63, 3.8) is 0 Å². The first-order chi connectivity index (χ1) is 8.80. The smallest absolute Gasteiger partial charge is 0.256 e. The molecule has 0 aromatic carbocycles. The number of nitrogens with one attached hydrogen (secondary N) is 1. The Hall–Kier alpha value is -1.14. The van der Waals surface area contributed by atoms with Gasteiger partial charge in [-0.1, -0.05) is 32.1 Å². The largest absolute Gasteiger partial charge is 0.391 e. The molecular formula is C13H22N2O3Si. The molecule has 5 nitrogen and oxygen atoms in total. The molecule has 2 atom stereocenters. The van der Waals surface area contributed by atoms with Gasteiger partial charge in [0.05, 0.1) is 25.9 Å². The normalized spacial score (nSPS) is 25.8. The molecule has 2 N–H and O–H groups in total. The van der Waals surface area contributed by atoms with E-state index in [9.17, 15) is 9.90 Å². The molecular weight excluding hydrogens is 260 g/mol. The molecule has 6 heteroatoms. The molecule has 1 aromatic rings. The second kappa shape index (κ2) is 5.09. The second-order valence-electron chi connectivity index (χ2n) is 6.49. The third kappa shape index (κ3) is 3.06. The Kier molecular flexibility index (Phi) is 3.82. The van der Waals surface area contributed by atoms with Crippen molar-refractivity contribution >= 4 is 14.0 Å². The molecule has 1 amide bonds. The van der Waals surface area contributed by atoms with E-state index in [4.69, 9.17) is 4.52 Å². The fourth-order valence-corrected chi connectivity index (χ4v) is 5.90. The van der Waals surface area contributed by atoms with Crippen LogP contribution in [0.25, 0.3) is 0 Å². The molecule has 19 heavy (non-hydrogen) atoms. The lowest BCUT2D eigenvalue weighted by atomic mass is 10.1. The van der Waals surface area contributed by atoms with Gasteiger partial charge in [0.1, 0.15) is 11.8 Å². The lowest BCUT2D eigenvalue weighted by Gasteiger charge is -2.17. The SMILES string of the molecule is CC(C)c1nocc1C(=O)N[C@@H]1C[Si](C)(C)C[C@H]1O. The predicted molar refractivity (Wildman–Crippen MR) is 74.9 cm³/mol. The molecule has 1 fully saturated rings. The van der Waals surface area contributed by atoms with Crippen LogP contribution in [0.4, 0.5) is 0 Å². The first-order valence-electron chi connectivity index (χ1n) is 6.73. The molecule has 1 aliphatic rings. The molecule has 0 bridgehead atoms. The van der Waals surface area contributed by atoms with Gasteiger partial charge in [-0.25, -0.2) is 0 Å². The van der Waals surface area contributed by atoms with Gasteiger partial charge < -0.3 is 14.9 Å².